The first kappa shape index (κ1) is 14.7. The van der Waals surface area contributed by atoms with Crippen molar-refractivity contribution >= 4 is 17.3 Å². The largest absolute Gasteiger partial charge is 0.396 e. The highest BCUT2D eigenvalue weighted by molar-refractivity contribution is 5.92. The summed E-state index contributed by atoms with van der Waals surface area (Å²) in [5.74, 6) is -0.580. The summed E-state index contributed by atoms with van der Waals surface area (Å²) in [5.41, 5.74) is 6.04. The lowest BCUT2D eigenvalue weighted by Crippen LogP contribution is -2.52. The SMILES string of the molecule is CC1CN(C)CCN1CC(=O)Nc1ccc(F)c(N)c1. The monoisotopic (exact) mass is 280 g/mol. The summed E-state index contributed by atoms with van der Waals surface area (Å²) in [7, 11) is 2.08. The second-order valence-electron chi connectivity index (χ2n) is 5.37. The molecule has 1 amide bonds. The maximum absolute atomic E-state index is 13.0. The van der Waals surface area contributed by atoms with Gasteiger partial charge in [-0.2, -0.15) is 0 Å². The molecule has 1 atom stereocenters. The number of hydrogen-bond donors (Lipinski definition) is 2. The Hall–Kier alpha value is -1.66. The average Bonchev–Trinajstić information content (AvgIpc) is 2.37. The molecule has 1 heterocycles. The van der Waals surface area contributed by atoms with Gasteiger partial charge in [0.15, 0.2) is 0 Å². The molecule has 1 aromatic carbocycles. The number of halogens is 1. The van der Waals surface area contributed by atoms with Gasteiger partial charge in [-0.05, 0) is 32.2 Å². The van der Waals surface area contributed by atoms with E-state index in [1.807, 2.05) is 0 Å². The van der Waals surface area contributed by atoms with Crippen LogP contribution in [0.25, 0.3) is 0 Å². The van der Waals surface area contributed by atoms with E-state index in [4.69, 9.17) is 5.73 Å². The van der Waals surface area contributed by atoms with Gasteiger partial charge in [-0.3, -0.25) is 9.69 Å². The molecule has 1 aliphatic heterocycles. The maximum Gasteiger partial charge on any atom is 0.238 e. The van der Waals surface area contributed by atoms with Crippen LogP contribution in [0.1, 0.15) is 6.92 Å². The van der Waals surface area contributed by atoms with Gasteiger partial charge in [0.2, 0.25) is 5.91 Å². The van der Waals surface area contributed by atoms with E-state index >= 15 is 0 Å². The van der Waals surface area contributed by atoms with Gasteiger partial charge in [0.25, 0.3) is 0 Å². The number of carbonyl (C=O) groups excluding carboxylic acids is 1. The van der Waals surface area contributed by atoms with Gasteiger partial charge in [-0.25, -0.2) is 4.39 Å². The number of nitrogen functional groups attached to an aromatic ring is 1. The van der Waals surface area contributed by atoms with Crippen molar-refractivity contribution in [3.8, 4) is 0 Å². The molecule has 0 aliphatic carbocycles. The van der Waals surface area contributed by atoms with Crippen LogP contribution in [0.3, 0.4) is 0 Å². The number of amides is 1. The summed E-state index contributed by atoms with van der Waals surface area (Å²) < 4.78 is 13.0. The third kappa shape index (κ3) is 3.68. The number of nitrogens with two attached hydrogens (primary N) is 1. The van der Waals surface area contributed by atoms with E-state index < -0.39 is 5.82 Å². The Balaban J connectivity index is 1.90. The first-order valence-corrected chi connectivity index (χ1v) is 6.73. The van der Waals surface area contributed by atoms with Crippen LogP contribution in [0.2, 0.25) is 0 Å². The molecule has 2 rings (SSSR count). The third-order valence-corrected chi connectivity index (χ3v) is 3.59. The second-order valence-corrected chi connectivity index (χ2v) is 5.37. The van der Waals surface area contributed by atoms with Crippen LogP contribution in [-0.4, -0.2) is 55.0 Å². The minimum atomic E-state index is -0.476. The van der Waals surface area contributed by atoms with E-state index in [-0.39, 0.29) is 11.6 Å². The molecule has 3 N–H and O–H groups in total. The zero-order valence-corrected chi connectivity index (χ0v) is 11.9. The van der Waals surface area contributed by atoms with Gasteiger partial charge in [-0.1, -0.05) is 0 Å². The number of piperazine rings is 1. The number of anilines is 2. The average molecular weight is 280 g/mol. The summed E-state index contributed by atoms with van der Waals surface area (Å²) in [6, 6.07) is 4.54. The number of likely N-dealkylation sites (N-methyl/N-ethyl adjacent to an activating group) is 1. The number of nitrogens with zero attached hydrogens (tertiary/aromatic N) is 2. The Morgan fingerprint density at radius 1 is 1.50 bits per heavy atom. The molecule has 1 saturated heterocycles. The Kier molecular flexibility index (Phi) is 4.57. The lowest BCUT2D eigenvalue weighted by Gasteiger charge is -2.37. The van der Waals surface area contributed by atoms with Crippen LogP contribution < -0.4 is 11.1 Å². The fraction of sp³-hybridized carbons (Fsp3) is 0.500. The van der Waals surface area contributed by atoms with Crippen molar-refractivity contribution in [3.63, 3.8) is 0 Å². The molecule has 110 valence electrons. The van der Waals surface area contributed by atoms with E-state index in [1.54, 1.807) is 0 Å². The van der Waals surface area contributed by atoms with Gasteiger partial charge in [0, 0.05) is 31.4 Å². The quantitative estimate of drug-likeness (QED) is 0.810. The summed E-state index contributed by atoms with van der Waals surface area (Å²) in [4.78, 5) is 16.4. The van der Waals surface area contributed by atoms with E-state index in [0.717, 1.165) is 19.6 Å². The maximum atomic E-state index is 13.0. The first-order chi connectivity index (χ1) is 9.45. The van der Waals surface area contributed by atoms with Gasteiger partial charge in [0.1, 0.15) is 5.82 Å². The van der Waals surface area contributed by atoms with Crippen molar-refractivity contribution in [1.82, 2.24) is 9.80 Å². The van der Waals surface area contributed by atoms with E-state index in [2.05, 4.69) is 29.1 Å². The Labute approximate surface area is 118 Å². The molecule has 0 radical (unpaired) electrons. The topological polar surface area (TPSA) is 61.6 Å². The van der Waals surface area contributed by atoms with Crippen molar-refractivity contribution in [2.75, 3.05) is 44.3 Å². The standard InChI is InChI=1S/C14H21FN4O/c1-10-8-18(2)5-6-19(10)9-14(20)17-11-3-4-12(15)13(16)7-11/h3-4,7,10H,5-6,8-9,16H2,1-2H3,(H,17,20). The van der Waals surface area contributed by atoms with Gasteiger partial charge < -0.3 is 16.0 Å². The molecule has 0 aromatic heterocycles. The first-order valence-electron chi connectivity index (χ1n) is 6.73. The van der Waals surface area contributed by atoms with E-state index in [9.17, 15) is 9.18 Å². The van der Waals surface area contributed by atoms with Crippen LogP contribution in [-0.2, 0) is 4.79 Å². The van der Waals surface area contributed by atoms with Crippen molar-refractivity contribution < 1.29 is 9.18 Å². The molecule has 0 spiro atoms. The normalized spacial score (nSPS) is 20.9. The Morgan fingerprint density at radius 3 is 2.90 bits per heavy atom. The highest BCUT2D eigenvalue weighted by Crippen LogP contribution is 2.16. The molecule has 20 heavy (non-hydrogen) atoms. The molecule has 1 aromatic rings. The summed E-state index contributed by atoms with van der Waals surface area (Å²) in [6.07, 6.45) is 0. The molecule has 0 bridgehead atoms. The molecule has 1 aliphatic rings. The van der Waals surface area contributed by atoms with Crippen LogP contribution in [0, 0.1) is 5.82 Å². The zero-order chi connectivity index (χ0) is 14.7. The third-order valence-electron chi connectivity index (χ3n) is 3.59. The van der Waals surface area contributed by atoms with Crippen LogP contribution >= 0.6 is 0 Å². The molecular formula is C14H21FN4O. The lowest BCUT2D eigenvalue weighted by molar-refractivity contribution is -0.118. The van der Waals surface area contributed by atoms with E-state index in [1.165, 1.54) is 18.2 Å². The van der Waals surface area contributed by atoms with Gasteiger partial charge in [-0.15, -0.1) is 0 Å². The van der Waals surface area contributed by atoms with Gasteiger partial charge >= 0.3 is 0 Å². The number of rotatable bonds is 3. The fourth-order valence-corrected chi connectivity index (χ4v) is 2.42. The molecule has 1 fully saturated rings. The number of benzene rings is 1. The predicted molar refractivity (Wildman–Crippen MR) is 78.0 cm³/mol. The molecule has 6 heteroatoms. The summed E-state index contributed by atoms with van der Waals surface area (Å²) in [6.45, 7) is 5.24. The van der Waals surface area contributed by atoms with Crippen molar-refractivity contribution in [2.45, 2.75) is 13.0 Å². The molecular weight excluding hydrogens is 259 g/mol. The zero-order valence-electron chi connectivity index (χ0n) is 11.9. The highest BCUT2D eigenvalue weighted by atomic mass is 19.1. The fourth-order valence-electron chi connectivity index (χ4n) is 2.42. The Bertz CT molecular complexity index is 494. The summed E-state index contributed by atoms with van der Waals surface area (Å²) in [5, 5.41) is 2.75. The van der Waals surface area contributed by atoms with Crippen molar-refractivity contribution in [1.29, 1.82) is 0 Å². The van der Waals surface area contributed by atoms with E-state index in [0.29, 0.717) is 18.3 Å². The Morgan fingerprint density at radius 2 is 2.25 bits per heavy atom. The van der Waals surface area contributed by atoms with Crippen LogP contribution in [0.4, 0.5) is 15.8 Å². The second kappa shape index (κ2) is 6.19. The number of carbonyl (C=O) groups is 1. The minimum absolute atomic E-state index is 0.0377. The smallest absolute Gasteiger partial charge is 0.238 e. The minimum Gasteiger partial charge on any atom is -0.396 e. The van der Waals surface area contributed by atoms with Gasteiger partial charge in [0.05, 0.1) is 12.2 Å². The molecule has 0 saturated carbocycles. The number of hydrogen-bond acceptors (Lipinski definition) is 4. The molecule has 5 nitrogen and oxygen atoms in total. The van der Waals surface area contributed by atoms with Crippen LogP contribution in [0.5, 0.6) is 0 Å². The summed E-state index contributed by atoms with van der Waals surface area (Å²) >= 11 is 0. The lowest BCUT2D eigenvalue weighted by atomic mass is 10.2. The highest BCUT2D eigenvalue weighted by Gasteiger charge is 2.23. The van der Waals surface area contributed by atoms with Crippen molar-refractivity contribution in [2.24, 2.45) is 0 Å². The van der Waals surface area contributed by atoms with Crippen molar-refractivity contribution in [3.05, 3.63) is 24.0 Å². The number of nitrogens with one attached hydrogen (secondary N) is 1. The van der Waals surface area contributed by atoms with Crippen LogP contribution in [0.15, 0.2) is 18.2 Å². The molecule has 1 unspecified atom stereocenters. The predicted octanol–water partition coefficient (Wildman–Crippen LogP) is 0.982.